The van der Waals surface area contributed by atoms with E-state index in [1.54, 1.807) is 17.9 Å². The van der Waals surface area contributed by atoms with Gasteiger partial charge >= 0.3 is 0 Å². The highest BCUT2D eigenvalue weighted by Gasteiger charge is 2.27. The third kappa shape index (κ3) is 3.04. The Morgan fingerprint density at radius 2 is 2.26 bits per heavy atom. The number of nitrogens with zero attached hydrogens (tertiary/aromatic N) is 2. The van der Waals surface area contributed by atoms with Crippen LogP contribution < -0.4 is 0 Å². The number of hydrogen-bond acceptors (Lipinski definition) is 3. The van der Waals surface area contributed by atoms with Gasteiger partial charge in [0.15, 0.2) is 0 Å². The summed E-state index contributed by atoms with van der Waals surface area (Å²) in [5.74, 6) is 0.711. The molecule has 1 saturated heterocycles. The zero-order chi connectivity index (χ0) is 14.0. The Bertz CT molecular complexity index is 519. The molecule has 0 N–H and O–H groups in total. The number of carbonyl (C=O) groups is 1. The number of benzene rings is 1. The molecule has 1 amide bonds. The lowest BCUT2D eigenvalue weighted by Crippen LogP contribution is -2.29. The van der Waals surface area contributed by atoms with Gasteiger partial charge in [0.1, 0.15) is 0 Å². The van der Waals surface area contributed by atoms with Gasteiger partial charge in [-0.25, -0.2) is 0 Å². The highest BCUT2D eigenvalue weighted by atomic mass is 35.5. The molecule has 1 aromatic rings. The lowest BCUT2D eigenvalue weighted by Gasteiger charge is -2.16. The summed E-state index contributed by atoms with van der Waals surface area (Å²) in [5, 5.41) is 10.8. The van der Waals surface area contributed by atoms with E-state index in [4.69, 9.17) is 11.6 Å². The first kappa shape index (κ1) is 13.8. The molecule has 1 aromatic carbocycles. The normalized spacial score (nSPS) is 18.6. The van der Waals surface area contributed by atoms with Crippen LogP contribution in [0.3, 0.4) is 0 Å². The second kappa shape index (κ2) is 5.57. The van der Waals surface area contributed by atoms with Gasteiger partial charge in [0.2, 0.25) is 0 Å². The molecule has 1 heterocycles. The fourth-order valence-electron chi connectivity index (χ4n) is 2.32. The van der Waals surface area contributed by atoms with Gasteiger partial charge in [0, 0.05) is 36.7 Å². The molecule has 19 heavy (non-hydrogen) atoms. The first-order valence-electron chi connectivity index (χ1n) is 6.12. The van der Waals surface area contributed by atoms with Gasteiger partial charge in [-0.3, -0.25) is 14.9 Å². The Morgan fingerprint density at radius 1 is 1.53 bits per heavy atom. The number of likely N-dealkylation sites (tertiary alicyclic amines) is 1. The zero-order valence-electron chi connectivity index (χ0n) is 10.6. The van der Waals surface area contributed by atoms with E-state index < -0.39 is 4.92 Å². The average molecular weight is 283 g/mol. The van der Waals surface area contributed by atoms with Crippen molar-refractivity contribution in [2.24, 2.45) is 5.92 Å². The number of carbonyl (C=O) groups excluding carboxylic acids is 1. The summed E-state index contributed by atoms with van der Waals surface area (Å²) >= 11 is 5.79. The number of rotatable bonds is 3. The second-order valence-electron chi connectivity index (χ2n) is 4.87. The Kier molecular flexibility index (Phi) is 4.04. The van der Waals surface area contributed by atoms with Crippen molar-refractivity contribution in [3.8, 4) is 0 Å². The topological polar surface area (TPSA) is 63.5 Å². The van der Waals surface area contributed by atoms with Gasteiger partial charge < -0.3 is 4.90 Å². The second-order valence-corrected chi connectivity index (χ2v) is 5.18. The van der Waals surface area contributed by atoms with Crippen LogP contribution in [0.1, 0.15) is 22.3 Å². The summed E-state index contributed by atoms with van der Waals surface area (Å²) in [6.07, 6.45) is 0.892. The van der Waals surface area contributed by atoms with Crippen LogP contribution in [0.25, 0.3) is 0 Å². The van der Waals surface area contributed by atoms with Gasteiger partial charge in [-0.2, -0.15) is 0 Å². The van der Waals surface area contributed by atoms with Gasteiger partial charge in [-0.1, -0.05) is 0 Å². The van der Waals surface area contributed by atoms with E-state index in [1.807, 2.05) is 0 Å². The molecule has 1 atom stereocenters. The molecule has 0 spiro atoms. The zero-order valence-corrected chi connectivity index (χ0v) is 11.4. The Balaban J connectivity index is 2.22. The van der Waals surface area contributed by atoms with Crippen LogP contribution in [0.4, 0.5) is 5.69 Å². The lowest BCUT2D eigenvalue weighted by atomic mass is 10.1. The number of alkyl halides is 1. The van der Waals surface area contributed by atoms with E-state index >= 15 is 0 Å². The van der Waals surface area contributed by atoms with E-state index in [0.717, 1.165) is 6.42 Å². The molecule has 0 radical (unpaired) electrons. The van der Waals surface area contributed by atoms with E-state index in [0.29, 0.717) is 36.0 Å². The van der Waals surface area contributed by atoms with Crippen LogP contribution >= 0.6 is 11.6 Å². The van der Waals surface area contributed by atoms with E-state index in [2.05, 4.69) is 0 Å². The molecule has 0 saturated carbocycles. The van der Waals surface area contributed by atoms with Gasteiger partial charge in [0.05, 0.1) is 4.92 Å². The number of aryl methyl sites for hydroxylation is 1. The van der Waals surface area contributed by atoms with E-state index in [1.165, 1.54) is 12.1 Å². The van der Waals surface area contributed by atoms with Crippen LogP contribution in [0.5, 0.6) is 0 Å². The van der Waals surface area contributed by atoms with Crippen LogP contribution in [-0.4, -0.2) is 34.7 Å². The van der Waals surface area contributed by atoms with Gasteiger partial charge in [-0.05, 0) is 30.9 Å². The Hall–Kier alpha value is -1.62. The maximum atomic E-state index is 12.3. The lowest BCUT2D eigenvalue weighted by molar-refractivity contribution is -0.384. The molecule has 2 rings (SSSR count). The molecule has 0 bridgehead atoms. The molecule has 6 heteroatoms. The van der Waals surface area contributed by atoms with Crippen LogP contribution in [0.2, 0.25) is 0 Å². The molecule has 5 nitrogen and oxygen atoms in total. The highest BCUT2D eigenvalue weighted by Crippen LogP contribution is 2.22. The van der Waals surface area contributed by atoms with Crippen molar-refractivity contribution in [1.82, 2.24) is 4.90 Å². The Labute approximate surface area is 116 Å². The predicted octanol–water partition coefficient (Wildman–Crippen LogP) is 2.60. The third-order valence-corrected chi connectivity index (χ3v) is 3.75. The van der Waals surface area contributed by atoms with Crippen LogP contribution in [0, 0.1) is 23.0 Å². The SMILES string of the molecule is Cc1cc(C(=O)N2CCC(CCl)C2)cc([N+](=O)[O-])c1. The molecule has 102 valence electrons. The van der Waals surface area contributed by atoms with Crippen molar-refractivity contribution in [3.05, 3.63) is 39.4 Å². The molecule has 1 unspecified atom stereocenters. The molecular weight excluding hydrogens is 268 g/mol. The molecule has 0 aliphatic carbocycles. The van der Waals surface area contributed by atoms with Crippen LogP contribution in [-0.2, 0) is 0 Å². The highest BCUT2D eigenvalue weighted by molar-refractivity contribution is 6.18. The summed E-state index contributed by atoms with van der Waals surface area (Å²) in [6, 6.07) is 4.48. The van der Waals surface area contributed by atoms with Crippen molar-refractivity contribution >= 4 is 23.2 Å². The minimum absolute atomic E-state index is 0.0450. The molecule has 1 aliphatic rings. The maximum Gasteiger partial charge on any atom is 0.270 e. The average Bonchev–Trinajstić information content (AvgIpc) is 2.85. The summed E-state index contributed by atoms with van der Waals surface area (Å²) in [5.41, 5.74) is 1.05. The van der Waals surface area contributed by atoms with Crippen molar-refractivity contribution in [1.29, 1.82) is 0 Å². The number of amides is 1. The summed E-state index contributed by atoms with van der Waals surface area (Å²) in [7, 11) is 0. The fraction of sp³-hybridized carbons (Fsp3) is 0.462. The minimum atomic E-state index is -0.477. The number of halogens is 1. The minimum Gasteiger partial charge on any atom is -0.338 e. The largest absolute Gasteiger partial charge is 0.338 e. The monoisotopic (exact) mass is 282 g/mol. The summed E-state index contributed by atoms with van der Waals surface area (Å²) in [4.78, 5) is 24.3. The van der Waals surface area contributed by atoms with Crippen LogP contribution in [0.15, 0.2) is 18.2 Å². The molecule has 0 aromatic heterocycles. The molecular formula is C13H15ClN2O3. The standard InChI is InChI=1S/C13H15ClN2O3/c1-9-4-11(6-12(5-9)16(18)19)13(17)15-3-2-10(7-14)8-15/h4-6,10H,2-3,7-8H2,1H3. The van der Waals surface area contributed by atoms with Crippen molar-refractivity contribution in [2.75, 3.05) is 19.0 Å². The first-order valence-corrected chi connectivity index (χ1v) is 6.66. The molecule has 1 fully saturated rings. The smallest absolute Gasteiger partial charge is 0.270 e. The quantitative estimate of drug-likeness (QED) is 0.486. The first-order chi connectivity index (χ1) is 9.01. The Morgan fingerprint density at radius 3 is 2.84 bits per heavy atom. The van der Waals surface area contributed by atoms with Gasteiger partial charge in [0.25, 0.3) is 11.6 Å². The maximum absolute atomic E-state index is 12.3. The van der Waals surface area contributed by atoms with Crippen molar-refractivity contribution < 1.29 is 9.72 Å². The number of non-ortho nitro benzene ring substituents is 1. The number of nitro benzene ring substituents is 1. The number of hydrogen-bond donors (Lipinski definition) is 0. The van der Waals surface area contributed by atoms with Crippen molar-refractivity contribution in [3.63, 3.8) is 0 Å². The summed E-state index contributed by atoms with van der Waals surface area (Å²) in [6.45, 7) is 3.04. The fourth-order valence-corrected chi connectivity index (χ4v) is 2.57. The van der Waals surface area contributed by atoms with Crippen molar-refractivity contribution in [2.45, 2.75) is 13.3 Å². The summed E-state index contributed by atoms with van der Waals surface area (Å²) < 4.78 is 0. The number of nitro groups is 1. The third-order valence-electron chi connectivity index (χ3n) is 3.31. The van der Waals surface area contributed by atoms with E-state index in [-0.39, 0.29) is 11.6 Å². The van der Waals surface area contributed by atoms with E-state index in [9.17, 15) is 14.9 Å². The van der Waals surface area contributed by atoms with Gasteiger partial charge in [-0.15, -0.1) is 11.6 Å². The predicted molar refractivity (Wildman–Crippen MR) is 72.6 cm³/mol. The molecule has 1 aliphatic heterocycles.